The van der Waals surface area contributed by atoms with E-state index in [1.807, 2.05) is 32.0 Å². The molecule has 2 N–H and O–H groups in total. The van der Waals surface area contributed by atoms with Gasteiger partial charge < -0.3 is 15.5 Å². The summed E-state index contributed by atoms with van der Waals surface area (Å²) >= 11 is 3.40. The zero-order chi connectivity index (χ0) is 18.6. The Morgan fingerprint density at radius 1 is 1.20 bits per heavy atom. The van der Waals surface area contributed by atoms with Crippen molar-refractivity contribution in [1.29, 1.82) is 0 Å². The molecule has 0 saturated heterocycles. The number of rotatable bonds is 6. The molecule has 0 radical (unpaired) electrons. The van der Waals surface area contributed by atoms with Gasteiger partial charge in [-0.25, -0.2) is 4.98 Å². The van der Waals surface area contributed by atoms with Crippen molar-refractivity contribution in [1.82, 2.24) is 14.9 Å². The third kappa shape index (κ3) is 5.57. The summed E-state index contributed by atoms with van der Waals surface area (Å²) in [7, 11) is 3.75. The maximum absolute atomic E-state index is 13.1. The Labute approximate surface area is 152 Å². The molecule has 0 amide bonds. The Morgan fingerprint density at radius 2 is 1.92 bits per heavy atom. The molecule has 9 heteroatoms. The van der Waals surface area contributed by atoms with E-state index in [2.05, 4.69) is 36.5 Å². The van der Waals surface area contributed by atoms with Crippen LogP contribution >= 0.6 is 15.9 Å². The zero-order valence-electron chi connectivity index (χ0n) is 14.1. The number of nitrogens with zero attached hydrogens (tertiary/aromatic N) is 3. The van der Waals surface area contributed by atoms with Crippen molar-refractivity contribution in [2.45, 2.75) is 13.1 Å². The molecule has 0 atom stereocenters. The molecule has 0 fully saturated rings. The summed E-state index contributed by atoms with van der Waals surface area (Å²) in [4.78, 5) is 9.62. The predicted octanol–water partition coefficient (Wildman–Crippen LogP) is 4.28. The van der Waals surface area contributed by atoms with Gasteiger partial charge in [0, 0.05) is 29.3 Å². The minimum atomic E-state index is -4.55. The average Bonchev–Trinajstić information content (AvgIpc) is 2.50. The predicted molar refractivity (Wildman–Crippen MR) is 96.2 cm³/mol. The highest BCUT2D eigenvalue weighted by atomic mass is 79.9. The quantitative estimate of drug-likeness (QED) is 0.734. The first-order valence-electron chi connectivity index (χ1n) is 7.54. The molecule has 2 aromatic rings. The number of hydrogen-bond donors (Lipinski definition) is 2. The highest BCUT2D eigenvalue weighted by Crippen LogP contribution is 2.31. The number of aromatic nitrogens is 2. The van der Waals surface area contributed by atoms with Gasteiger partial charge >= 0.3 is 6.18 Å². The van der Waals surface area contributed by atoms with E-state index in [4.69, 9.17) is 0 Å². The summed E-state index contributed by atoms with van der Waals surface area (Å²) in [5.41, 5.74) is 0.544. The molecular formula is C16H19BrF3N5. The van der Waals surface area contributed by atoms with Crippen LogP contribution in [-0.4, -0.2) is 42.1 Å². The van der Waals surface area contributed by atoms with Crippen molar-refractivity contribution in [3.8, 4) is 0 Å². The number of nitrogens with one attached hydrogen (secondary N) is 2. The second-order valence-electron chi connectivity index (χ2n) is 5.73. The van der Waals surface area contributed by atoms with Crippen LogP contribution in [-0.2, 0) is 6.18 Å². The van der Waals surface area contributed by atoms with Crippen molar-refractivity contribution >= 4 is 33.4 Å². The smallest absolute Gasteiger partial charge is 0.353 e. The lowest BCUT2D eigenvalue weighted by atomic mass is 10.2. The van der Waals surface area contributed by atoms with E-state index in [0.29, 0.717) is 18.8 Å². The van der Waals surface area contributed by atoms with E-state index in [9.17, 15) is 13.2 Å². The Bertz CT molecular complexity index is 734. The topological polar surface area (TPSA) is 53.1 Å². The average molecular weight is 418 g/mol. The van der Waals surface area contributed by atoms with Crippen LogP contribution in [0.5, 0.6) is 0 Å². The van der Waals surface area contributed by atoms with E-state index >= 15 is 0 Å². The lowest BCUT2D eigenvalue weighted by molar-refractivity contribution is -0.141. The van der Waals surface area contributed by atoms with Crippen LogP contribution in [0.15, 0.2) is 28.7 Å². The van der Waals surface area contributed by atoms with Gasteiger partial charge in [0.1, 0.15) is 5.82 Å². The Morgan fingerprint density at radius 3 is 2.56 bits per heavy atom. The van der Waals surface area contributed by atoms with Crippen LogP contribution in [0.2, 0.25) is 0 Å². The molecule has 0 aliphatic rings. The first-order valence-corrected chi connectivity index (χ1v) is 8.33. The summed E-state index contributed by atoms with van der Waals surface area (Å²) in [5, 5.41) is 5.76. The molecule has 0 aliphatic heterocycles. The first kappa shape index (κ1) is 19.5. The molecule has 5 nitrogen and oxygen atoms in total. The van der Waals surface area contributed by atoms with Crippen LogP contribution in [0.25, 0.3) is 0 Å². The van der Waals surface area contributed by atoms with Gasteiger partial charge in [0.2, 0.25) is 5.95 Å². The second-order valence-corrected chi connectivity index (χ2v) is 6.58. The van der Waals surface area contributed by atoms with Gasteiger partial charge in [-0.3, -0.25) is 0 Å². The number of alkyl halides is 3. The molecule has 0 spiro atoms. The lowest BCUT2D eigenvalue weighted by Gasteiger charge is -2.15. The fraction of sp³-hybridized carbons (Fsp3) is 0.375. The fourth-order valence-electron chi connectivity index (χ4n) is 2.01. The summed E-state index contributed by atoms with van der Waals surface area (Å²) in [6, 6.07) is 6.32. The number of anilines is 3. The molecule has 136 valence electrons. The van der Waals surface area contributed by atoms with E-state index in [-0.39, 0.29) is 11.8 Å². The molecule has 1 heterocycles. The Kier molecular flexibility index (Phi) is 6.23. The molecule has 0 unspecified atom stereocenters. The SMILES string of the molecule is Cc1c(Br)cccc1Nc1cc(C(F)(F)F)nc(NCCN(C)C)n1. The van der Waals surface area contributed by atoms with Gasteiger partial charge in [-0.1, -0.05) is 22.0 Å². The zero-order valence-corrected chi connectivity index (χ0v) is 15.7. The summed E-state index contributed by atoms with van der Waals surface area (Å²) < 4.78 is 40.2. The first-order chi connectivity index (χ1) is 11.7. The standard InChI is InChI=1S/C16H19BrF3N5/c1-10-11(17)5-4-6-12(10)22-14-9-13(16(18,19)20)23-15(24-14)21-7-8-25(2)3/h4-6,9H,7-8H2,1-3H3,(H2,21,22,23,24). The largest absolute Gasteiger partial charge is 0.433 e. The molecule has 0 aliphatic carbocycles. The maximum atomic E-state index is 13.1. The van der Waals surface area contributed by atoms with Crippen molar-refractivity contribution in [3.05, 3.63) is 40.0 Å². The number of benzene rings is 1. The van der Waals surface area contributed by atoms with Gasteiger partial charge in [-0.2, -0.15) is 18.2 Å². The van der Waals surface area contributed by atoms with Gasteiger partial charge in [-0.15, -0.1) is 0 Å². The summed E-state index contributed by atoms with van der Waals surface area (Å²) in [6.07, 6.45) is -4.55. The van der Waals surface area contributed by atoms with Gasteiger partial charge in [0.05, 0.1) is 0 Å². The monoisotopic (exact) mass is 417 g/mol. The molecule has 1 aromatic carbocycles. The second kappa shape index (κ2) is 8.01. The van der Waals surface area contributed by atoms with Crippen LogP contribution in [0.1, 0.15) is 11.3 Å². The number of hydrogen-bond acceptors (Lipinski definition) is 5. The maximum Gasteiger partial charge on any atom is 0.433 e. The van der Waals surface area contributed by atoms with Gasteiger partial charge in [-0.05, 0) is 38.7 Å². The van der Waals surface area contributed by atoms with Crippen LogP contribution < -0.4 is 10.6 Å². The fourth-order valence-corrected chi connectivity index (χ4v) is 2.37. The highest BCUT2D eigenvalue weighted by Gasteiger charge is 2.33. The molecule has 0 bridgehead atoms. The van der Waals surface area contributed by atoms with Crippen LogP contribution in [0.4, 0.5) is 30.6 Å². The van der Waals surface area contributed by atoms with Crippen molar-refractivity contribution in [3.63, 3.8) is 0 Å². The minimum absolute atomic E-state index is 0.0631. The van der Waals surface area contributed by atoms with Crippen molar-refractivity contribution in [2.75, 3.05) is 37.8 Å². The third-order valence-corrected chi connectivity index (χ3v) is 4.25. The molecule has 2 rings (SSSR count). The summed E-state index contributed by atoms with van der Waals surface area (Å²) in [5.74, 6) is 0.0164. The molecular weight excluding hydrogens is 399 g/mol. The van der Waals surface area contributed by atoms with E-state index < -0.39 is 11.9 Å². The molecule has 1 aromatic heterocycles. The summed E-state index contributed by atoms with van der Waals surface area (Å²) in [6.45, 7) is 2.94. The van der Waals surface area contributed by atoms with Crippen molar-refractivity contribution in [2.24, 2.45) is 0 Å². The number of likely N-dealkylation sites (N-methyl/N-ethyl adjacent to an activating group) is 1. The van der Waals surface area contributed by atoms with Gasteiger partial charge in [0.15, 0.2) is 5.69 Å². The third-order valence-electron chi connectivity index (χ3n) is 3.39. The van der Waals surface area contributed by atoms with Crippen LogP contribution in [0, 0.1) is 6.92 Å². The minimum Gasteiger partial charge on any atom is -0.353 e. The van der Waals surface area contributed by atoms with Gasteiger partial charge in [0.25, 0.3) is 0 Å². The number of halogens is 4. The van der Waals surface area contributed by atoms with E-state index in [1.165, 1.54) is 0 Å². The molecule has 25 heavy (non-hydrogen) atoms. The Hall–Kier alpha value is -1.87. The van der Waals surface area contributed by atoms with E-state index in [0.717, 1.165) is 16.1 Å². The van der Waals surface area contributed by atoms with E-state index in [1.54, 1.807) is 12.1 Å². The van der Waals surface area contributed by atoms with Crippen LogP contribution in [0.3, 0.4) is 0 Å². The van der Waals surface area contributed by atoms with Crippen molar-refractivity contribution < 1.29 is 13.2 Å². The highest BCUT2D eigenvalue weighted by molar-refractivity contribution is 9.10. The lowest BCUT2D eigenvalue weighted by Crippen LogP contribution is -2.22. The normalized spacial score (nSPS) is 11.7. The Balaban J connectivity index is 2.31. The molecule has 0 saturated carbocycles.